The highest BCUT2D eigenvalue weighted by Gasteiger charge is 2.25. The molecule has 6 heteroatoms. The first kappa shape index (κ1) is 15.6. The molecule has 0 aliphatic heterocycles. The average molecular weight is 320 g/mol. The van der Waals surface area contributed by atoms with Gasteiger partial charge in [-0.1, -0.05) is 12.0 Å². The lowest BCUT2D eigenvalue weighted by Crippen LogP contribution is -2.36. The number of hydrogen-bond acceptors (Lipinski definition) is 4. The summed E-state index contributed by atoms with van der Waals surface area (Å²) in [5, 5.41) is 4.05. The molecule has 0 radical (unpaired) electrons. The van der Waals surface area contributed by atoms with Crippen molar-refractivity contribution in [3.8, 4) is 12.3 Å². The minimum absolute atomic E-state index is 0.133. The SMILES string of the molecule is C#Cc1cccc(N(Cc2ccco2)C(=O)C(C)n2cncn2)c1. The number of terminal acetylenes is 1. The average Bonchev–Trinajstić information content (AvgIpc) is 3.32. The normalized spacial score (nSPS) is 11.7. The van der Waals surface area contributed by atoms with Gasteiger partial charge in [0.2, 0.25) is 0 Å². The number of nitrogens with zero attached hydrogens (tertiary/aromatic N) is 4. The fourth-order valence-corrected chi connectivity index (χ4v) is 2.37. The zero-order valence-electron chi connectivity index (χ0n) is 13.2. The van der Waals surface area contributed by atoms with E-state index in [-0.39, 0.29) is 5.91 Å². The molecular formula is C18H16N4O2. The monoisotopic (exact) mass is 320 g/mol. The third kappa shape index (κ3) is 3.20. The van der Waals surface area contributed by atoms with Gasteiger partial charge in [-0.15, -0.1) is 6.42 Å². The lowest BCUT2D eigenvalue weighted by atomic mass is 10.1. The van der Waals surface area contributed by atoms with Gasteiger partial charge >= 0.3 is 0 Å². The van der Waals surface area contributed by atoms with Crippen molar-refractivity contribution < 1.29 is 9.21 Å². The molecule has 2 aromatic heterocycles. The number of furan rings is 1. The highest BCUT2D eigenvalue weighted by Crippen LogP contribution is 2.22. The van der Waals surface area contributed by atoms with Gasteiger partial charge in [-0.3, -0.25) is 4.79 Å². The summed E-state index contributed by atoms with van der Waals surface area (Å²) in [5.41, 5.74) is 1.41. The predicted molar refractivity (Wildman–Crippen MR) is 89.0 cm³/mol. The summed E-state index contributed by atoms with van der Waals surface area (Å²) in [6.07, 6.45) is 9.98. The van der Waals surface area contributed by atoms with Crippen molar-refractivity contribution in [3.05, 3.63) is 66.6 Å². The predicted octanol–water partition coefficient (Wildman–Crippen LogP) is 2.65. The van der Waals surface area contributed by atoms with Crippen LogP contribution >= 0.6 is 0 Å². The van der Waals surface area contributed by atoms with Gasteiger partial charge < -0.3 is 9.32 Å². The molecule has 120 valence electrons. The van der Waals surface area contributed by atoms with E-state index in [2.05, 4.69) is 16.0 Å². The number of carbonyl (C=O) groups is 1. The second kappa shape index (κ2) is 6.84. The highest BCUT2D eigenvalue weighted by molar-refractivity contribution is 5.95. The first-order chi connectivity index (χ1) is 11.7. The molecule has 0 aliphatic carbocycles. The van der Waals surface area contributed by atoms with E-state index in [1.54, 1.807) is 30.2 Å². The van der Waals surface area contributed by atoms with Crippen LogP contribution in [0, 0.1) is 12.3 Å². The smallest absolute Gasteiger partial charge is 0.252 e. The van der Waals surface area contributed by atoms with Crippen molar-refractivity contribution in [2.75, 3.05) is 4.90 Å². The zero-order valence-corrected chi connectivity index (χ0v) is 13.2. The third-order valence-electron chi connectivity index (χ3n) is 3.68. The largest absolute Gasteiger partial charge is 0.467 e. The van der Waals surface area contributed by atoms with Crippen molar-refractivity contribution >= 4 is 11.6 Å². The minimum Gasteiger partial charge on any atom is -0.467 e. The van der Waals surface area contributed by atoms with E-state index in [1.165, 1.54) is 17.3 Å². The summed E-state index contributed by atoms with van der Waals surface area (Å²) in [5.74, 6) is 3.14. The summed E-state index contributed by atoms with van der Waals surface area (Å²) >= 11 is 0. The number of rotatable bonds is 5. The topological polar surface area (TPSA) is 64.2 Å². The Morgan fingerprint density at radius 2 is 2.29 bits per heavy atom. The minimum atomic E-state index is -0.503. The third-order valence-corrected chi connectivity index (χ3v) is 3.68. The number of carbonyl (C=O) groups excluding carboxylic acids is 1. The van der Waals surface area contributed by atoms with E-state index < -0.39 is 6.04 Å². The standard InChI is InChI=1S/C18H16N4O2/c1-3-15-6-4-7-16(10-15)21(11-17-8-5-9-24-17)18(23)14(2)22-13-19-12-20-22/h1,4-10,12-14H,11H2,2H3. The van der Waals surface area contributed by atoms with Crippen LogP contribution in [0.15, 0.2) is 59.7 Å². The Morgan fingerprint density at radius 1 is 1.42 bits per heavy atom. The van der Waals surface area contributed by atoms with Crippen LogP contribution in [0.3, 0.4) is 0 Å². The Morgan fingerprint density at radius 3 is 2.96 bits per heavy atom. The maximum atomic E-state index is 13.0. The summed E-state index contributed by atoms with van der Waals surface area (Å²) in [6, 6.07) is 10.4. The van der Waals surface area contributed by atoms with Crippen LogP contribution in [-0.2, 0) is 11.3 Å². The quantitative estimate of drug-likeness (QED) is 0.678. The molecule has 0 N–H and O–H groups in total. The number of amides is 1. The van der Waals surface area contributed by atoms with Crippen molar-refractivity contribution in [3.63, 3.8) is 0 Å². The van der Waals surface area contributed by atoms with Gasteiger partial charge in [-0.2, -0.15) is 5.10 Å². The van der Waals surface area contributed by atoms with E-state index in [1.807, 2.05) is 24.3 Å². The molecule has 24 heavy (non-hydrogen) atoms. The Balaban J connectivity index is 1.95. The second-order valence-corrected chi connectivity index (χ2v) is 5.25. The Kier molecular flexibility index (Phi) is 4.43. The maximum Gasteiger partial charge on any atom is 0.252 e. The summed E-state index contributed by atoms with van der Waals surface area (Å²) in [4.78, 5) is 18.5. The molecule has 1 atom stereocenters. The molecular weight excluding hydrogens is 304 g/mol. The van der Waals surface area contributed by atoms with Gasteiger partial charge in [0.05, 0.1) is 12.8 Å². The van der Waals surface area contributed by atoms with Crippen LogP contribution in [0.1, 0.15) is 24.3 Å². The summed E-state index contributed by atoms with van der Waals surface area (Å²) in [7, 11) is 0. The molecule has 0 aliphatic rings. The summed E-state index contributed by atoms with van der Waals surface area (Å²) in [6.45, 7) is 2.08. The Hall–Kier alpha value is -3.33. The number of aromatic nitrogens is 3. The van der Waals surface area contributed by atoms with Crippen LogP contribution in [-0.4, -0.2) is 20.7 Å². The van der Waals surface area contributed by atoms with Crippen molar-refractivity contribution in [2.24, 2.45) is 0 Å². The van der Waals surface area contributed by atoms with Crippen molar-refractivity contribution in [1.82, 2.24) is 14.8 Å². The van der Waals surface area contributed by atoms with E-state index >= 15 is 0 Å². The highest BCUT2D eigenvalue weighted by atomic mass is 16.3. The summed E-state index contributed by atoms with van der Waals surface area (Å²) < 4.78 is 6.91. The molecule has 0 fully saturated rings. The zero-order chi connectivity index (χ0) is 16.9. The number of benzene rings is 1. The van der Waals surface area contributed by atoms with Gasteiger partial charge in [0.15, 0.2) is 0 Å². The fourth-order valence-electron chi connectivity index (χ4n) is 2.37. The van der Waals surface area contributed by atoms with Crippen LogP contribution in [0.4, 0.5) is 5.69 Å². The first-order valence-electron chi connectivity index (χ1n) is 7.43. The van der Waals surface area contributed by atoms with Gasteiger partial charge in [-0.25, -0.2) is 9.67 Å². The lowest BCUT2D eigenvalue weighted by Gasteiger charge is -2.25. The molecule has 1 unspecified atom stereocenters. The Labute approximate surface area is 139 Å². The molecule has 0 bridgehead atoms. The van der Waals surface area contributed by atoms with Gasteiger partial charge in [0.1, 0.15) is 24.5 Å². The molecule has 1 aromatic carbocycles. The maximum absolute atomic E-state index is 13.0. The lowest BCUT2D eigenvalue weighted by molar-refractivity contribution is -0.121. The molecule has 3 aromatic rings. The number of hydrogen-bond donors (Lipinski definition) is 0. The molecule has 6 nitrogen and oxygen atoms in total. The first-order valence-corrected chi connectivity index (χ1v) is 7.43. The molecule has 0 saturated heterocycles. The van der Waals surface area contributed by atoms with Crippen molar-refractivity contribution in [1.29, 1.82) is 0 Å². The van der Waals surface area contributed by atoms with E-state index in [0.717, 1.165) is 0 Å². The van der Waals surface area contributed by atoms with Crippen molar-refractivity contribution in [2.45, 2.75) is 19.5 Å². The Bertz CT molecular complexity index is 848. The van der Waals surface area contributed by atoms with Gasteiger partial charge in [0, 0.05) is 11.3 Å². The fraction of sp³-hybridized carbons (Fsp3) is 0.167. The van der Waals surface area contributed by atoms with E-state index in [0.29, 0.717) is 23.6 Å². The van der Waals surface area contributed by atoms with Crippen LogP contribution in [0.2, 0.25) is 0 Å². The second-order valence-electron chi connectivity index (χ2n) is 5.25. The molecule has 1 amide bonds. The van der Waals surface area contributed by atoms with Crippen LogP contribution in [0.5, 0.6) is 0 Å². The molecule has 0 saturated carbocycles. The number of anilines is 1. The van der Waals surface area contributed by atoms with Crippen LogP contribution in [0.25, 0.3) is 0 Å². The van der Waals surface area contributed by atoms with Gasteiger partial charge in [-0.05, 0) is 37.3 Å². The van der Waals surface area contributed by atoms with E-state index in [9.17, 15) is 4.79 Å². The van der Waals surface area contributed by atoms with Gasteiger partial charge in [0.25, 0.3) is 5.91 Å². The van der Waals surface area contributed by atoms with Crippen LogP contribution < -0.4 is 4.90 Å². The van der Waals surface area contributed by atoms with E-state index in [4.69, 9.17) is 10.8 Å². The molecule has 3 rings (SSSR count). The molecule has 2 heterocycles. The molecule has 0 spiro atoms.